The van der Waals surface area contributed by atoms with Gasteiger partial charge in [0.25, 0.3) is 0 Å². The minimum atomic E-state index is 0.407. The largest absolute Gasteiger partial charge is 0.396 e. The number of benzene rings is 1. The predicted octanol–water partition coefficient (Wildman–Crippen LogP) is 2.24. The van der Waals surface area contributed by atoms with Crippen LogP contribution < -0.4 is 11.1 Å². The van der Waals surface area contributed by atoms with Gasteiger partial charge in [-0.3, -0.25) is 0 Å². The Hall–Kier alpha value is -2.03. The molecule has 0 bridgehead atoms. The number of hydrogen-bond acceptors (Lipinski definition) is 3. The van der Waals surface area contributed by atoms with E-state index in [1.54, 1.807) is 6.20 Å². The van der Waals surface area contributed by atoms with Gasteiger partial charge in [-0.05, 0) is 36.1 Å². The number of nitrogens with two attached hydrogens (primary N) is 1. The van der Waals surface area contributed by atoms with Crippen molar-refractivity contribution in [2.45, 2.75) is 18.9 Å². The third kappa shape index (κ3) is 1.96. The molecule has 0 spiro atoms. The number of pyridine rings is 1. The minimum absolute atomic E-state index is 0.407. The maximum absolute atomic E-state index is 5.88. The van der Waals surface area contributed by atoms with Crippen LogP contribution in [0.1, 0.15) is 11.1 Å². The SMILES string of the molecule is Nc1cccnc1NC1Cc2ccccc2C1. The van der Waals surface area contributed by atoms with Crippen molar-refractivity contribution in [3.8, 4) is 0 Å². The van der Waals surface area contributed by atoms with Crippen LogP contribution in [-0.4, -0.2) is 11.0 Å². The number of anilines is 2. The molecule has 0 saturated carbocycles. The molecule has 1 aliphatic carbocycles. The highest BCUT2D eigenvalue weighted by atomic mass is 15.0. The first-order valence-corrected chi connectivity index (χ1v) is 5.87. The average molecular weight is 225 g/mol. The van der Waals surface area contributed by atoms with Crippen LogP contribution in [-0.2, 0) is 12.8 Å². The Morgan fingerprint density at radius 1 is 1.06 bits per heavy atom. The first kappa shape index (κ1) is 10.1. The van der Waals surface area contributed by atoms with Crippen molar-refractivity contribution in [1.29, 1.82) is 0 Å². The van der Waals surface area contributed by atoms with E-state index in [1.165, 1.54) is 11.1 Å². The molecule has 0 saturated heterocycles. The molecular weight excluding hydrogens is 210 g/mol. The molecule has 1 aliphatic rings. The number of hydrogen-bond donors (Lipinski definition) is 2. The lowest BCUT2D eigenvalue weighted by atomic mass is 10.1. The maximum Gasteiger partial charge on any atom is 0.149 e. The van der Waals surface area contributed by atoms with Gasteiger partial charge in [0.1, 0.15) is 5.82 Å². The summed E-state index contributed by atoms with van der Waals surface area (Å²) in [6.07, 6.45) is 3.86. The summed E-state index contributed by atoms with van der Waals surface area (Å²) in [6, 6.07) is 12.7. The summed E-state index contributed by atoms with van der Waals surface area (Å²) < 4.78 is 0. The number of nitrogen functional groups attached to an aromatic ring is 1. The maximum atomic E-state index is 5.88. The molecule has 0 unspecified atom stereocenters. The van der Waals surface area contributed by atoms with E-state index >= 15 is 0 Å². The summed E-state index contributed by atoms with van der Waals surface area (Å²) in [5, 5.41) is 3.42. The summed E-state index contributed by atoms with van der Waals surface area (Å²) >= 11 is 0. The van der Waals surface area contributed by atoms with Gasteiger partial charge in [0.05, 0.1) is 5.69 Å². The zero-order chi connectivity index (χ0) is 11.7. The smallest absolute Gasteiger partial charge is 0.149 e. The molecule has 1 heterocycles. The lowest BCUT2D eigenvalue weighted by molar-refractivity contribution is 0.769. The molecule has 2 aromatic rings. The van der Waals surface area contributed by atoms with Crippen LogP contribution in [0.4, 0.5) is 11.5 Å². The van der Waals surface area contributed by atoms with Crippen LogP contribution in [0.15, 0.2) is 42.6 Å². The van der Waals surface area contributed by atoms with Crippen molar-refractivity contribution < 1.29 is 0 Å². The van der Waals surface area contributed by atoms with Gasteiger partial charge in [-0.1, -0.05) is 24.3 Å². The molecule has 0 amide bonds. The standard InChI is InChI=1S/C14H15N3/c15-13-6-3-7-16-14(13)17-12-8-10-4-1-2-5-11(10)9-12/h1-7,12H,8-9,15H2,(H,16,17). The Morgan fingerprint density at radius 3 is 2.41 bits per heavy atom. The fourth-order valence-electron chi connectivity index (χ4n) is 2.39. The zero-order valence-corrected chi connectivity index (χ0v) is 9.56. The molecule has 0 fully saturated rings. The first-order chi connectivity index (χ1) is 8.33. The van der Waals surface area contributed by atoms with Gasteiger partial charge in [-0.25, -0.2) is 4.98 Å². The van der Waals surface area contributed by atoms with E-state index in [-0.39, 0.29) is 0 Å². The van der Waals surface area contributed by atoms with Gasteiger partial charge in [-0.2, -0.15) is 0 Å². The molecule has 3 rings (SSSR count). The van der Waals surface area contributed by atoms with Crippen molar-refractivity contribution in [3.05, 3.63) is 53.7 Å². The number of rotatable bonds is 2. The van der Waals surface area contributed by atoms with Crippen molar-refractivity contribution in [3.63, 3.8) is 0 Å². The Morgan fingerprint density at radius 2 is 1.76 bits per heavy atom. The monoisotopic (exact) mass is 225 g/mol. The highest BCUT2D eigenvalue weighted by Gasteiger charge is 2.21. The van der Waals surface area contributed by atoms with Crippen molar-refractivity contribution in [2.75, 3.05) is 11.1 Å². The summed E-state index contributed by atoms with van der Waals surface area (Å²) in [4.78, 5) is 4.27. The summed E-state index contributed by atoms with van der Waals surface area (Å²) in [7, 11) is 0. The molecule has 0 aliphatic heterocycles. The summed E-state index contributed by atoms with van der Waals surface area (Å²) in [5.41, 5.74) is 9.45. The fraction of sp³-hybridized carbons (Fsp3) is 0.214. The van der Waals surface area contributed by atoms with E-state index in [4.69, 9.17) is 5.73 Å². The second kappa shape index (κ2) is 4.09. The van der Waals surface area contributed by atoms with Crippen LogP contribution in [0.2, 0.25) is 0 Å². The summed E-state index contributed by atoms with van der Waals surface area (Å²) in [6.45, 7) is 0. The summed E-state index contributed by atoms with van der Waals surface area (Å²) in [5.74, 6) is 0.797. The van der Waals surface area contributed by atoms with E-state index in [0.29, 0.717) is 11.7 Å². The lowest BCUT2D eigenvalue weighted by Crippen LogP contribution is -2.20. The molecule has 1 aromatic heterocycles. The molecule has 86 valence electrons. The van der Waals surface area contributed by atoms with Gasteiger partial charge in [-0.15, -0.1) is 0 Å². The van der Waals surface area contributed by atoms with Gasteiger partial charge in [0.15, 0.2) is 0 Å². The highest BCUT2D eigenvalue weighted by molar-refractivity contribution is 5.61. The molecule has 3 N–H and O–H groups in total. The molecule has 0 radical (unpaired) electrons. The highest BCUT2D eigenvalue weighted by Crippen LogP contribution is 2.25. The third-order valence-corrected chi connectivity index (χ3v) is 3.23. The molecule has 17 heavy (non-hydrogen) atoms. The van der Waals surface area contributed by atoms with Gasteiger partial charge >= 0.3 is 0 Å². The van der Waals surface area contributed by atoms with Crippen molar-refractivity contribution >= 4 is 11.5 Å². The third-order valence-electron chi connectivity index (χ3n) is 3.23. The van der Waals surface area contributed by atoms with Gasteiger partial charge < -0.3 is 11.1 Å². The van der Waals surface area contributed by atoms with Crippen LogP contribution in [0.25, 0.3) is 0 Å². The van der Waals surface area contributed by atoms with E-state index in [9.17, 15) is 0 Å². The van der Waals surface area contributed by atoms with E-state index in [0.717, 1.165) is 18.7 Å². The predicted molar refractivity (Wildman–Crippen MR) is 69.9 cm³/mol. The Balaban J connectivity index is 1.76. The number of nitrogens with one attached hydrogen (secondary N) is 1. The van der Waals surface area contributed by atoms with Crippen LogP contribution in [0.5, 0.6) is 0 Å². The number of fused-ring (bicyclic) bond motifs is 1. The molecule has 3 heteroatoms. The normalized spacial score (nSPS) is 14.6. The lowest BCUT2D eigenvalue weighted by Gasteiger charge is -2.13. The van der Waals surface area contributed by atoms with Crippen LogP contribution >= 0.6 is 0 Å². The Bertz CT molecular complexity index is 511. The van der Waals surface area contributed by atoms with Crippen molar-refractivity contribution in [2.24, 2.45) is 0 Å². The molecular formula is C14H15N3. The van der Waals surface area contributed by atoms with Gasteiger partial charge in [0, 0.05) is 12.2 Å². The molecule has 0 atom stereocenters. The van der Waals surface area contributed by atoms with E-state index in [2.05, 4.69) is 34.6 Å². The zero-order valence-electron chi connectivity index (χ0n) is 9.56. The van der Waals surface area contributed by atoms with E-state index < -0.39 is 0 Å². The topological polar surface area (TPSA) is 50.9 Å². The number of aromatic nitrogens is 1. The average Bonchev–Trinajstić information content (AvgIpc) is 2.74. The fourth-order valence-corrected chi connectivity index (χ4v) is 2.39. The molecule has 3 nitrogen and oxygen atoms in total. The number of nitrogens with zero attached hydrogens (tertiary/aromatic N) is 1. The quantitative estimate of drug-likeness (QED) is 0.824. The second-order valence-electron chi connectivity index (χ2n) is 4.46. The van der Waals surface area contributed by atoms with Crippen molar-refractivity contribution in [1.82, 2.24) is 4.98 Å². The van der Waals surface area contributed by atoms with Crippen LogP contribution in [0.3, 0.4) is 0 Å². The second-order valence-corrected chi connectivity index (χ2v) is 4.46. The van der Waals surface area contributed by atoms with Gasteiger partial charge in [0.2, 0.25) is 0 Å². The first-order valence-electron chi connectivity index (χ1n) is 5.87. The Kier molecular flexibility index (Phi) is 2.44. The Labute approximate surface area is 101 Å². The van der Waals surface area contributed by atoms with Crippen LogP contribution in [0, 0.1) is 0 Å². The molecule has 1 aromatic carbocycles. The van der Waals surface area contributed by atoms with E-state index in [1.807, 2.05) is 12.1 Å². The minimum Gasteiger partial charge on any atom is -0.396 e.